The van der Waals surface area contributed by atoms with Gasteiger partial charge in [0.05, 0.1) is 13.2 Å². The lowest BCUT2D eigenvalue weighted by Crippen LogP contribution is -2.24. The Morgan fingerprint density at radius 3 is 2.39 bits per heavy atom. The summed E-state index contributed by atoms with van der Waals surface area (Å²) in [5.74, 6) is 0.878. The van der Waals surface area contributed by atoms with Crippen molar-refractivity contribution in [2.75, 3.05) is 12.0 Å². The highest BCUT2D eigenvalue weighted by Gasteiger charge is 2.27. The molecule has 1 unspecified atom stereocenters. The average molecular weight is 243 g/mol. The second-order valence-electron chi connectivity index (χ2n) is 4.41. The number of ether oxygens (including phenoxy) is 1. The molecular formula is C15H17NO2. The molecule has 0 fully saturated rings. The molecule has 0 spiro atoms. The molecule has 94 valence electrons. The van der Waals surface area contributed by atoms with Crippen molar-refractivity contribution in [1.82, 2.24) is 0 Å². The maximum absolute atomic E-state index is 11.5. The Labute approximate surface area is 107 Å². The number of hydrogen-bond donors (Lipinski definition) is 0. The normalized spacial score (nSPS) is 18.8. The summed E-state index contributed by atoms with van der Waals surface area (Å²) in [7, 11) is 1.64. The number of methoxy groups -OCH3 is 1. The Kier molecular flexibility index (Phi) is 3.24. The van der Waals surface area contributed by atoms with Crippen LogP contribution < -0.4 is 9.64 Å². The molecule has 0 amide bonds. The minimum Gasteiger partial charge on any atom is -0.497 e. The molecule has 3 heteroatoms. The molecule has 0 radical (unpaired) electrons. The Bertz CT molecular complexity index is 514. The zero-order valence-electron chi connectivity index (χ0n) is 10.9. The third-order valence-corrected chi connectivity index (χ3v) is 3.29. The molecule has 2 rings (SSSR count). The lowest BCUT2D eigenvalue weighted by Gasteiger charge is -2.22. The molecule has 1 atom stereocenters. The van der Waals surface area contributed by atoms with Crippen molar-refractivity contribution in [1.29, 1.82) is 0 Å². The maximum Gasteiger partial charge on any atom is 0.161 e. The van der Waals surface area contributed by atoms with E-state index in [0.29, 0.717) is 5.57 Å². The fraction of sp³-hybridized carbons (Fsp3) is 0.267. The van der Waals surface area contributed by atoms with E-state index in [1.807, 2.05) is 37.4 Å². The van der Waals surface area contributed by atoms with E-state index in [1.54, 1.807) is 14.0 Å². The molecule has 1 aromatic carbocycles. The van der Waals surface area contributed by atoms with Crippen LogP contribution in [-0.4, -0.2) is 18.9 Å². The summed E-state index contributed by atoms with van der Waals surface area (Å²) in [4.78, 5) is 13.6. The van der Waals surface area contributed by atoms with Crippen molar-refractivity contribution < 1.29 is 9.53 Å². The van der Waals surface area contributed by atoms with Gasteiger partial charge in [0.1, 0.15) is 5.75 Å². The number of rotatable bonds is 3. The number of carbonyl (C=O) groups excluding carboxylic acids is 1. The quantitative estimate of drug-likeness (QED) is 0.817. The monoisotopic (exact) mass is 243 g/mol. The van der Waals surface area contributed by atoms with Crippen molar-refractivity contribution in [2.45, 2.75) is 19.9 Å². The highest BCUT2D eigenvalue weighted by molar-refractivity contribution is 5.99. The van der Waals surface area contributed by atoms with Gasteiger partial charge in [-0.25, -0.2) is 0 Å². The van der Waals surface area contributed by atoms with Crippen molar-refractivity contribution >= 4 is 11.5 Å². The number of anilines is 1. The van der Waals surface area contributed by atoms with Gasteiger partial charge in [-0.1, -0.05) is 6.58 Å². The summed E-state index contributed by atoms with van der Waals surface area (Å²) in [5, 5.41) is 0. The fourth-order valence-electron chi connectivity index (χ4n) is 2.10. The van der Waals surface area contributed by atoms with Crippen molar-refractivity contribution in [2.24, 2.45) is 0 Å². The molecule has 0 aromatic heterocycles. The van der Waals surface area contributed by atoms with Crippen LogP contribution in [0.25, 0.3) is 0 Å². The van der Waals surface area contributed by atoms with E-state index in [-0.39, 0.29) is 11.8 Å². The first-order chi connectivity index (χ1) is 8.54. The zero-order valence-corrected chi connectivity index (χ0v) is 10.9. The molecule has 1 heterocycles. The predicted molar refractivity (Wildman–Crippen MR) is 72.8 cm³/mol. The first-order valence-corrected chi connectivity index (χ1v) is 5.89. The number of carbonyl (C=O) groups is 1. The molecule has 1 aromatic rings. The van der Waals surface area contributed by atoms with Gasteiger partial charge in [0.15, 0.2) is 5.78 Å². The van der Waals surface area contributed by atoms with Crippen LogP contribution in [0.2, 0.25) is 0 Å². The number of nitrogens with zero attached hydrogens (tertiary/aromatic N) is 1. The smallest absolute Gasteiger partial charge is 0.161 e. The molecule has 0 aliphatic carbocycles. The summed E-state index contributed by atoms with van der Waals surface area (Å²) >= 11 is 0. The van der Waals surface area contributed by atoms with Gasteiger partial charge >= 0.3 is 0 Å². The highest BCUT2D eigenvalue weighted by Crippen LogP contribution is 2.32. The van der Waals surface area contributed by atoms with Gasteiger partial charge in [-0.05, 0) is 43.7 Å². The number of ketones is 1. The van der Waals surface area contributed by atoms with Crippen LogP contribution in [0, 0.1) is 0 Å². The van der Waals surface area contributed by atoms with Crippen LogP contribution in [0.4, 0.5) is 5.69 Å². The second-order valence-corrected chi connectivity index (χ2v) is 4.41. The van der Waals surface area contributed by atoms with E-state index in [9.17, 15) is 4.79 Å². The summed E-state index contributed by atoms with van der Waals surface area (Å²) in [6, 6.07) is 7.87. The van der Waals surface area contributed by atoms with Crippen molar-refractivity contribution in [3.8, 4) is 5.75 Å². The molecule has 0 N–H and O–H groups in total. The molecule has 0 bridgehead atoms. The number of benzene rings is 1. The highest BCUT2D eigenvalue weighted by atomic mass is 16.5. The lowest BCUT2D eigenvalue weighted by atomic mass is 10.0. The van der Waals surface area contributed by atoms with Gasteiger partial charge in [0, 0.05) is 17.5 Å². The minimum atomic E-state index is 0.0582. The van der Waals surface area contributed by atoms with Gasteiger partial charge < -0.3 is 9.64 Å². The summed E-state index contributed by atoms with van der Waals surface area (Å²) in [6.07, 6.45) is 1.87. The van der Waals surface area contributed by atoms with Gasteiger partial charge in [-0.2, -0.15) is 0 Å². The lowest BCUT2D eigenvalue weighted by molar-refractivity contribution is -0.113. The second kappa shape index (κ2) is 4.69. The largest absolute Gasteiger partial charge is 0.497 e. The molecule has 0 saturated heterocycles. The van der Waals surface area contributed by atoms with Gasteiger partial charge in [0.25, 0.3) is 0 Å². The Morgan fingerprint density at radius 1 is 1.33 bits per heavy atom. The number of Topliss-reactive ketones (excluding diaryl/α,β-unsaturated/α-hetero) is 1. The van der Waals surface area contributed by atoms with Crippen LogP contribution in [0.5, 0.6) is 5.75 Å². The van der Waals surface area contributed by atoms with Gasteiger partial charge in [-0.3, -0.25) is 4.79 Å². The average Bonchev–Trinajstić information content (AvgIpc) is 2.67. The topological polar surface area (TPSA) is 29.5 Å². The van der Waals surface area contributed by atoms with E-state index >= 15 is 0 Å². The fourth-order valence-corrected chi connectivity index (χ4v) is 2.10. The van der Waals surface area contributed by atoms with Crippen molar-refractivity contribution in [3.05, 3.63) is 48.2 Å². The van der Waals surface area contributed by atoms with Gasteiger partial charge in [0.2, 0.25) is 0 Å². The summed E-state index contributed by atoms with van der Waals surface area (Å²) in [5.41, 5.74) is 2.61. The predicted octanol–water partition coefficient (Wildman–Crippen LogP) is 2.93. The molecule has 3 nitrogen and oxygen atoms in total. The van der Waals surface area contributed by atoms with E-state index in [0.717, 1.165) is 17.0 Å². The zero-order chi connectivity index (χ0) is 13.3. The van der Waals surface area contributed by atoms with E-state index in [1.165, 1.54) is 0 Å². The molecule has 0 saturated carbocycles. The van der Waals surface area contributed by atoms with E-state index in [2.05, 4.69) is 11.5 Å². The number of hydrogen-bond acceptors (Lipinski definition) is 3. The third-order valence-electron chi connectivity index (χ3n) is 3.29. The van der Waals surface area contributed by atoms with Crippen LogP contribution >= 0.6 is 0 Å². The SMILES string of the molecule is C=C1C(C(C)=O)=CN(c2ccc(OC)cc2)C1C. The Hall–Kier alpha value is -2.03. The summed E-state index contributed by atoms with van der Waals surface area (Å²) < 4.78 is 5.13. The Morgan fingerprint density at radius 2 is 1.94 bits per heavy atom. The summed E-state index contributed by atoms with van der Waals surface area (Å²) in [6.45, 7) is 7.60. The molecular weight excluding hydrogens is 226 g/mol. The third kappa shape index (κ3) is 2.04. The van der Waals surface area contributed by atoms with Crippen LogP contribution in [0.15, 0.2) is 48.2 Å². The molecule has 1 aliphatic heterocycles. The first-order valence-electron chi connectivity index (χ1n) is 5.89. The van der Waals surface area contributed by atoms with Crippen LogP contribution in [-0.2, 0) is 4.79 Å². The molecule has 18 heavy (non-hydrogen) atoms. The molecule has 1 aliphatic rings. The minimum absolute atomic E-state index is 0.0582. The van der Waals surface area contributed by atoms with E-state index in [4.69, 9.17) is 4.74 Å². The van der Waals surface area contributed by atoms with Crippen molar-refractivity contribution in [3.63, 3.8) is 0 Å². The van der Waals surface area contributed by atoms with Crippen LogP contribution in [0.1, 0.15) is 13.8 Å². The standard InChI is InChI=1S/C15H17NO2/c1-10-11(2)16(9-15(10)12(3)17)13-5-7-14(18-4)8-6-13/h5-9,11H,1H2,2-4H3. The Balaban J connectivity index is 2.33. The van der Waals surface area contributed by atoms with Crippen LogP contribution in [0.3, 0.4) is 0 Å². The van der Waals surface area contributed by atoms with Gasteiger partial charge in [-0.15, -0.1) is 0 Å². The maximum atomic E-state index is 11.5. The van der Waals surface area contributed by atoms with E-state index < -0.39 is 0 Å². The first kappa shape index (κ1) is 12.4.